The fourth-order valence-electron chi connectivity index (χ4n) is 1.68. The number of hydrogen-bond acceptors (Lipinski definition) is 4. The van der Waals surface area contributed by atoms with E-state index in [4.69, 9.17) is 4.74 Å². The van der Waals surface area contributed by atoms with Gasteiger partial charge in [-0.25, -0.2) is 4.99 Å². The molecule has 1 fully saturated rings. The molecule has 0 saturated carbocycles. The Labute approximate surface area is 111 Å². The average molecular weight is 264 g/mol. The minimum atomic E-state index is 0.00648. The van der Waals surface area contributed by atoms with E-state index in [1.165, 1.54) is 11.8 Å². The van der Waals surface area contributed by atoms with Crippen LogP contribution >= 0.6 is 11.8 Å². The van der Waals surface area contributed by atoms with Crippen LogP contribution in [0.15, 0.2) is 29.3 Å². The van der Waals surface area contributed by atoms with Crippen molar-refractivity contribution >= 4 is 28.5 Å². The van der Waals surface area contributed by atoms with Crippen LogP contribution in [-0.4, -0.2) is 23.4 Å². The number of hydrogen-bond donors (Lipinski definition) is 1. The summed E-state index contributed by atoms with van der Waals surface area (Å²) in [5, 5.41) is 3.50. The van der Waals surface area contributed by atoms with E-state index in [0.29, 0.717) is 5.17 Å². The van der Waals surface area contributed by atoms with Gasteiger partial charge in [0.15, 0.2) is 5.17 Å². The first kappa shape index (κ1) is 13.0. The Balaban J connectivity index is 2.07. The molecule has 2 rings (SSSR count). The molecule has 1 aromatic rings. The van der Waals surface area contributed by atoms with Gasteiger partial charge in [-0.1, -0.05) is 25.1 Å². The predicted molar refractivity (Wildman–Crippen MR) is 74.5 cm³/mol. The van der Waals surface area contributed by atoms with Gasteiger partial charge in [-0.15, -0.1) is 0 Å². The molecule has 1 heterocycles. The van der Waals surface area contributed by atoms with E-state index in [-0.39, 0.29) is 11.2 Å². The van der Waals surface area contributed by atoms with Crippen LogP contribution in [0.25, 0.3) is 0 Å². The molecule has 5 heteroatoms. The Morgan fingerprint density at radius 2 is 2.11 bits per heavy atom. The lowest BCUT2D eigenvalue weighted by atomic mass is 10.2. The van der Waals surface area contributed by atoms with Crippen molar-refractivity contribution in [3.05, 3.63) is 24.3 Å². The van der Waals surface area contributed by atoms with Gasteiger partial charge in [0.2, 0.25) is 5.91 Å². The lowest BCUT2D eigenvalue weighted by Gasteiger charge is -2.01. The number of rotatable bonds is 4. The van der Waals surface area contributed by atoms with Crippen molar-refractivity contribution in [3.8, 4) is 5.75 Å². The van der Waals surface area contributed by atoms with Crippen LogP contribution in [0.5, 0.6) is 5.75 Å². The SMILES string of the molecule is CCCC1SC(=Nc2ccc(OC)cc2)NC1=O. The largest absolute Gasteiger partial charge is 0.497 e. The van der Waals surface area contributed by atoms with Gasteiger partial charge in [0.1, 0.15) is 5.75 Å². The number of carbonyl (C=O) groups excluding carboxylic acids is 1. The maximum absolute atomic E-state index is 11.6. The number of nitrogens with one attached hydrogen (secondary N) is 1. The van der Waals surface area contributed by atoms with Gasteiger partial charge in [0.05, 0.1) is 18.0 Å². The third-order valence-corrected chi connectivity index (χ3v) is 3.78. The van der Waals surface area contributed by atoms with Gasteiger partial charge in [0, 0.05) is 0 Å². The van der Waals surface area contributed by atoms with Crippen molar-refractivity contribution in [2.45, 2.75) is 25.0 Å². The maximum Gasteiger partial charge on any atom is 0.239 e. The first-order chi connectivity index (χ1) is 8.72. The highest BCUT2D eigenvalue weighted by atomic mass is 32.2. The molecule has 96 valence electrons. The fourth-order valence-corrected chi connectivity index (χ4v) is 2.79. The lowest BCUT2D eigenvalue weighted by molar-refractivity contribution is -0.118. The number of carbonyl (C=O) groups is 1. The standard InChI is InChI=1S/C13H16N2O2S/c1-3-4-11-12(16)15-13(18-11)14-9-5-7-10(17-2)8-6-9/h5-8,11H,3-4H2,1-2H3,(H,14,15,16). The molecule has 0 bridgehead atoms. The first-order valence-corrected chi connectivity index (χ1v) is 6.81. The molecule has 1 aromatic carbocycles. The molecule has 1 aliphatic rings. The molecule has 4 nitrogen and oxygen atoms in total. The lowest BCUT2D eigenvalue weighted by Crippen LogP contribution is -2.24. The third kappa shape index (κ3) is 3.04. The van der Waals surface area contributed by atoms with Crippen LogP contribution in [0, 0.1) is 0 Å². The summed E-state index contributed by atoms with van der Waals surface area (Å²) in [7, 11) is 1.63. The number of ether oxygens (including phenoxy) is 1. The summed E-state index contributed by atoms with van der Waals surface area (Å²) >= 11 is 1.51. The molecular weight excluding hydrogens is 248 g/mol. The van der Waals surface area contributed by atoms with Crippen molar-refractivity contribution in [1.82, 2.24) is 5.32 Å². The van der Waals surface area contributed by atoms with Crippen LogP contribution < -0.4 is 10.1 Å². The van der Waals surface area contributed by atoms with E-state index in [1.807, 2.05) is 24.3 Å². The van der Waals surface area contributed by atoms with E-state index in [2.05, 4.69) is 17.2 Å². The highest BCUT2D eigenvalue weighted by Crippen LogP contribution is 2.26. The molecule has 0 radical (unpaired) electrons. The van der Waals surface area contributed by atoms with E-state index in [1.54, 1.807) is 7.11 Å². The Hall–Kier alpha value is -1.49. The van der Waals surface area contributed by atoms with E-state index in [9.17, 15) is 4.79 Å². The van der Waals surface area contributed by atoms with E-state index in [0.717, 1.165) is 24.3 Å². The van der Waals surface area contributed by atoms with E-state index < -0.39 is 0 Å². The Kier molecular flexibility index (Phi) is 4.25. The number of thioether (sulfide) groups is 1. The molecule has 18 heavy (non-hydrogen) atoms. The molecule has 1 atom stereocenters. The van der Waals surface area contributed by atoms with Gasteiger partial charge in [-0.2, -0.15) is 0 Å². The van der Waals surface area contributed by atoms with Crippen molar-refractivity contribution in [1.29, 1.82) is 0 Å². The molecule has 1 unspecified atom stereocenters. The maximum atomic E-state index is 11.6. The van der Waals surface area contributed by atoms with Crippen molar-refractivity contribution in [2.24, 2.45) is 4.99 Å². The van der Waals surface area contributed by atoms with Gasteiger partial charge < -0.3 is 10.1 Å². The van der Waals surface area contributed by atoms with Gasteiger partial charge in [-0.05, 0) is 30.7 Å². The minimum absolute atomic E-state index is 0.00648. The van der Waals surface area contributed by atoms with Crippen molar-refractivity contribution in [3.63, 3.8) is 0 Å². The zero-order valence-electron chi connectivity index (χ0n) is 10.5. The second-order valence-electron chi connectivity index (χ2n) is 4.00. The number of methoxy groups -OCH3 is 1. The quantitative estimate of drug-likeness (QED) is 0.909. The summed E-state index contributed by atoms with van der Waals surface area (Å²) in [5.41, 5.74) is 0.816. The van der Waals surface area contributed by atoms with E-state index >= 15 is 0 Å². The molecule has 0 aliphatic carbocycles. The zero-order valence-corrected chi connectivity index (χ0v) is 11.3. The smallest absolute Gasteiger partial charge is 0.239 e. The number of amides is 1. The molecule has 1 N–H and O–H groups in total. The Bertz CT molecular complexity index is 457. The molecular formula is C13H16N2O2S. The first-order valence-electron chi connectivity index (χ1n) is 5.93. The highest BCUT2D eigenvalue weighted by Gasteiger charge is 2.29. The summed E-state index contributed by atoms with van der Waals surface area (Å²) in [4.78, 5) is 16.0. The molecule has 1 aliphatic heterocycles. The Morgan fingerprint density at radius 3 is 2.72 bits per heavy atom. The summed E-state index contributed by atoms with van der Waals surface area (Å²) in [6, 6.07) is 7.44. The summed E-state index contributed by atoms with van der Waals surface area (Å²) in [5.74, 6) is 0.861. The normalized spacial score (nSPS) is 21.1. The van der Waals surface area contributed by atoms with Crippen LogP contribution in [0.2, 0.25) is 0 Å². The number of nitrogens with zero attached hydrogens (tertiary/aromatic N) is 1. The fraction of sp³-hybridized carbons (Fsp3) is 0.385. The third-order valence-electron chi connectivity index (χ3n) is 2.63. The van der Waals surface area contributed by atoms with Crippen molar-refractivity contribution in [2.75, 3.05) is 7.11 Å². The minimum Gasteiger partial charge on any atom is -0.497 e. The van der Waals surface area contributed by atoms with Crippen LogP contribution in [0.3, 0.4) is 0 Å². The van der Waals surface area contributed by atoms with Gasteiger partial charge in [0.25, 0.3) is 0 Å². The molecule has 1 amide bonds. The highest BCUT2D eigenvalue weighted by molar-refractivity contribution is 8.15. The van der Waals surface area contributed by atoms with Crippen LogP contribution in [-0.2, 0) is 4.79 Å². The predicted octanol–water partition coefficient (Wildman–Crippen LogP) is 2.71. The summed E-state index contributed by atoms with van der Waals surface area (Å²) in [6.45, 7) is 2.08. The Morgan fingerprint density at radius 1 is 1.39 bits per heavy atom. The van der Waals surface area contributed by atoms with Gasteiger partial charge in [-0.3, -0.25) is 4.79 Å². The number of amidine groups is 1. The molecule has 1 saturated heterocycles. The summed E-state index contributed by atoms with van der Waals surface area (Å²) < 4.78 is 5.08. The van der Waals surface area contributed by atoms with Crippen LogP contribution in [0.1, 0.15) is 19.8 Å². The second-order valence-corrected chi connectivity index (χ2v) is 5.19. The van der Waals surface area contributed by atoms with Crippen LogP contribution in [0.4, 0.5) is 5.69 Å². The topological polar surface area (TPSA) is 50.7 Å². The molecule has 0 spiro atoms. The average Bonchev–Trinajstić information content (AvgIpc) is 2.71. The number of aliphatic imine (C=N–C) groups is 1. The number of benzene rings is 1. The monoisotopic (exact) mass is 264 g/mol. The van der Waals surface area contributed by atoms with Crippen molar-refractivity contribution < 1.29 is 9.53 Å². The second kappa shape index (κ2) is 5.91. The van der Waals surface area contributed by atoms with Gasteiger partial charge >= 0.3 is 0 Å². The zero-order chi connectivity index (χ0) is 13.0. The molecule has 0 aromatic heterocycles. The summed E-state index contributed by atoms with van der Waals surface area (Å²) in [6.07, 6.45) is 1.89.